The molecule has 12 nitrogen and oxygen atoms in total. The van der Waals surface area contributed by atoms with Gasteiger partial charge in [-0.05, 0) is 32.0 Å². The molecule has 0 amide bonds. The lowest BCUT2D eigenvalue weighted by molar-refractivity contribution is -0.157. The van der Waals surface area contributed by atoms with Crippen LogP contribution in [-0.4, -0.2) is 84.1 Å². The van der Waals surface area contributed by atoms with Crippen molar-refractivity contribution >= 4 is 29.5 Å². The van der Waals surface area contributed by atoms with Crippen molar-refractivity contribution in [3.05, 3.63) is 39.4 Å². The number of carbonyl (C=O) groups excluding carboxylic acids is 3. The molecule has 44 heavy (non-hydrogen) atoms. The summed E-state index contributed by atoms with van der Waals surface area (Å²) in [6.07, 6.45) is 0.271. The Morgan fingerprint density at radius 3 is 2.61 bits per heavy atom. The fourth-order valence-electron chi connectivity index (χ4n) is 8.00. The van der Waals surface area contributed by atoms with Crippen LogP contribution in [0.15, 0.2) is 6.07 Å². The Morgan fingerprint density at radius 2 is 1.91 bits per heavy atom. The molecule has 2 fully saturated rings. The van der Waals surface area contributed by atoms with Crippen LogP contribution in [0, 0.1) is 25.2 Å². The average molecular weight is 622 g/mol. The molecule has 2 aromatic carbocycles. The van der Waals surface area contributed by atoms with Crippen molar-refractivity contribution < 1.29 is 43.2 Å². The van der Waals surface area contributed by atoms with Gasteiger partial charge >= 0.3 is 11.9 Å². The summed E-state index contributed by atoms with van der Waals surface area (Å²) < 4.78 is 29.1. The normalized spacial score (nSPS) is 30.0. The maximum atomic E-state index is 12.9. The highest BCUT2D eigenvalue weighted by atomic mass is 32.2. The summed E-state index contributed by atoms with van der Waals surface area (Å²) in [5.74, 6) is -0.906. The lowest BCUT2D eigenvalue weighted by atomic mass is 9.76. The molecule has 1 N–H and O–H groups in total. The number of likely N-dealkylation sites (N-methyl/N-ethyl adjacent to an activating group) is 1. The summed E-state index contributed by atoms with van der Waals surface area (Å²) in [5.41, 5.74) is 2.82. The van der Waals surface area contributed by atoms with Crippen molar-refractivity contribution in [3.63, 3.8) is 0 Å². The number of methoxy groups -OCH3 is 1. The first-order chi connectivity index (χ1) is 21.0. The van der Waals surface area contributed by atoms with Gasteiger partial charge in [-0.25, -0.2) is 4.79 Å². The number of carbonyl (C=O) groups is 3. The summed E-state index contributed by atoms with van der Waals surface area (Å²) >= 11 is 1.22. The largest absolute Gasteiger partial charge is 0.504 e. The minimum Gasteiger partial charge on any atom is -0.504 e. The van der Waals surface area contributed by atoms with E-state index in [4.69, 9.17) is 23.7 Å². The summed E-state index contributed by atoms with van der Waals surface area (Å²) in [7, 11) is 3.42. The zero-order valence-electron chi connectivity index (χ0n) is 24.9. The third-order valence-corrected chi connectivity index (χ3v) is 10.8. The zero-order chi connectivity index (χ0) is 31.2. The number of aromatic hydroxyl groups is 1. The summed E-state index contributed by atoms with van der Waals surface area (Å²) in [4.78, 5) is 42.4. The zero-order valence-corrected chi connectivity index (χ0v) is 25.7. The Morgan fingerprint density at radius 1 is 1.16 bits per heavy atom. The van der Waals surface area contributed by atoms with Gasteiger partial charge in [-0.15, -0.1) is 11.8 Å². The molecule has 6 atom stereocenters. The second-order valence-electron chi connectivity index (χ2n) is 11.9. The predicted molar refractivity (Wildman–Crippen MR) is 155 cm³/mol. The van der Waals surface area contributed by atoms with E-state index in [1.54, 1.807) is 6.92 Å². The predicted octanol–water partition coefficient (Wildman–Crippen LogP) is 2.80. The molecule has 0 saturated carbocycles. The van der Waals surface area contributed by atoms with Crippen LogP contribution >= 0.6 is 11.8 Å². The summed E-state index contributed by atoms with van der Waals surface area (Å²) in [6, 6.07) is 2.77. The fraction of sp³-hybridized carbons (Fsp3) is 0.484. The number of cyclic esters (lactones) is 1. The number of hydrogen-bond acceptors (Lipinski definition) is 13. The lowest BCUT2D eigenvalue weighted by Crippen LogP contribution is -2.69. The van der Waals surface area contributed by atoms with Gasteiger partial charge in [0.05, 0.1) is 36.3 Å². The quantitative estimate of drug-likeness (QED) is 0.298. The Bertz CT molecular complexity index is 1700. The van der Waals surface area contributed by atoms with Gasteiger partial charge < -0.3 is 28.8 Å². The van der Waals surface area contributed by atoms with Crippen molar-refractivity contribution in [1.29, 1.82) is 5.26 Å². The number of ketones is 1. The number of esters is 2. The van der Waals surface area contributed by atoms with Gasteiger partial charge in [0, 0.05) is 48.2 Å². The molecule has 8 rings (SSSR count). The highest BCUT2D eigenvalue weighted by molar-refractivity contribution is 8.00. The van der Waals surface area contributed by atoms with E-state index in [-0.39, 0.29) is 37.1 Å². The van der Waals surface area contributed by atoms with Crippen LogP contribution in [0.1, 0.15) is 57.6 Å². The van der Waals surface area contributed by atoms with Crippen molar-refractivity contribution in [3.8, 4) is 34.8 Å². The molecule has 230 valence electrons. The van der Waals surface area contributed by atoms with Gasteiger partial charge in [0.25, 0.3) is 0 Å². The van der Waals surface area contributed by atoms with Crippen LogP contribution in [0.3, 0.4) is 0 Å². The van der Waals surface area contributed by atoms with Crippen LogP contribution < -0.4 is 18.9 Å². The second kappa shape index (κ2) is 10.0. The van der Waals surface area contributed by atoms with Crippen molar-refractivity contribution in [1.82, 2.24) is 9.80 Å². The van der Waals surface area contributed by atoms with Crippen molar-refractivity contribution in [2.75, 3.05) is 39.9 Å². The molecule has 2 saturated heterocycles. The molecule has 0 spiro atoms. The second-order valence-corrected chi connectivity index (χ2v) is 13.1. The van der Waals surface area contributed by atoms with Gasteiger partial charge in [-0.1, -0.05) is 6.07 Å². The fourth-order valence-corrected chi connectivity index (χ4v) is 9.33. The van der Waals surface area contributed by atoms with E-state index in [9.17, 15) is 24.8 Å². The maximum Gasteiger partial charge on any atom is 0.375 e. The van der Waals surface area contributed by atoms with Crippen LogP contribution in [0.25, 0.3) is 0 Å². The Labute approximate surface area is 257 Å². The van der Waals surface area contributed by atoms with E-state index in [1.165, 1.54) is 25.8 Å². The smallest absolute Gasteiger partial charge is 0.375 e. The molecule has 6 heterocycles. The number of piperazine rings is 1. The number of fused-ring (bicyclic) bond motifs is 6. The molecule has 2 aromatic rings. The third kappa shape index (κ3) is 3.80. The number of phenols is 1. The number of rotatable bonds is 2. The Balaban J connectivity index is 1.59. The summed E-state index contributed by atoms with van der Waals surface area (Å²) in [5, 5.41) is 22.2. The highest BCUT2D eigenvalue weighted by Gasteiger charge is 2.63. The van der Waals surface area contributed by atoms with E-state index in [1.807, 2.05) is 20.0 Å². The molecule has 0 aromatic heterocycles. The van der Waals surface area contributed by atoms with E-state index in [2.05, 4.69) is 15.9 Å². The standard InChI is InChI=1S/C31H31N3O9S/c1-13-6-16-7-31(10-32)11-33(4)22(19(16)24(37)25(13)39-5)23-29-21-20(17(34(23)31)8-40-30(38)18(36)9-44-29)28-27(41-12-42-28)14(2)26(21)43-15(3)35/h6,17,22-23,29,37H,7-9,11-12H2,1-5H3/t17-,22+,23?,29+,31+/m0/s1. The van der Waals surface area contributed by atoms with Gasteiger partial charge in [0.15, 0.2) is 23.0 Å². The Kier molecular flexibility index (Phi) is 6.55. The Hall–Kier alpha value is -3.99. The maximum absolute atomic E-state index is 12.9. The van der Waals surface area contributed by atoms with Gasteiger partial charge in [0.1, 0.15) is 17.9 Å². The number of benzene rings is 2. The SMILES string of the molecule is COc1c(C)cc2c(c1O)[C@@H]1C3[C@@H]4SCC(=O)C(=O)OC[C@@H](c5c6c(c(C)c(OC(C)=O)c54)OCO6)N3[C@@](C#N)(C2)CN1C. The van der Waals surface area contributed by atoms with Gasteiger partial charge in [0.2, 0.25) is 12.6 Å². The first kappa shape index (κ1) is 28.8. The van der Waals surface area contributed by atoms with Gasteiger partial charge in [-0.2, -0.15) is 5.26 Å². The number of thioether (sulfide) groups is 1. The molecule has 6 aliphatic rings. The molecule has 4 bridgehead atoms. The number of nitrogens with zero attached hydrogens (tertiary/aromatic N) is 3. The molecule has 6 aliphatic heterocycles. The number of hydrogen-bond donors (Lipinski definition) is 1. The number of ether oxygens (including phenoxy) is 5. The lowest BCUT2D eigenvalue weighted by Gasteiger charge is -2.59. The molecule has 13 heteroatoms. The summed E-state index contributed by atoms with van der Waals surface area (Å²) in [6.45, 7) is 4.94. The van der Waals surface area contributed by atoms with Crippen LogP contribution in [-0.2, 0) is 25.5 Å². The van der Waals surface area contributed by atoms with Gasteiger partial charge in [-0.3, -0.25) is 19.4 Å². The van der Waals surface area contributed by atoms with Crippen LogP contribution in [0.4, 0.5) is 0 Å². The first-order valence-corrected chi connectivity index (χ1v) is 15.3. The third-order valence-electron chi connectivity index (χ3n) is 9.46. The minimum absolute atomic E-state index is 0.00212. The topological polar surface area (TPSA) is 148 Å². The van der Waals surface area contributed by atoms with E-state index in [0.717, 1.165) is 11.1 Å². The average Bonchev–Trinajstić information content (AvgIpc) is 3.38. The van der Waals surface area contributed by atoms with Crippen LogP contribution in [0.5, 0.6) is 28.7 Å². The van der Waals surface area contributed by atoms with E-state index < -0.39 is 46.6 Å². The number of aryl methyl sites for hydroxylation is 1. The van der Waals surface area contributed by atoms with Crippen molar-refractivity contribution in [2.45, 2.75) is 56.1 Å². The van der Waals surface area contributed by atoms with E-state index in [0.29, 0.717) is 46.0 Å². The molecule has 0 aliphatic carbocycles. The molecular weight excluding hydrogens is 590 g/mol. The highest BCUT2D eigenvalue weighted by Crippen LogP contribution is 2.65. The van der Waals surface area contributed by atoms with E-state index >= 15 is 0 Å². The monoisotopic (exact) mass is 621 g/mol. The molecular formula is C31H31N3O9S. The number of phenolic OH excluding ortho intramolecular Hbond substituents is 1. The first-order valence-electron chi connectivity index (χ1n) is 14.3. The number of nitriles is 1. The molecule has 2 unspecified atom stereocenters. The minimum atomic E-state index is -1.15. The van der Waals surface area contributed by atoms with Crippen LogP contribution in [0.2, 0.25) is 0 Å². The number of Topliss-reactive ketones (excluding diaryl/α,β-unsaturated/α-hetero) is 1. The molecule has 0 radical (unpaired) electrons. The van der Waals surface area contributed by atoms with Crippen molar-refractivity contribution in [2.24, 2.45) is 0 Å².